The lowest BCUT2D eigenvalue weighted by atomic mass is 9.97. The van der Waals surface area contributed by atoms with Gasteiger partial charge < -0.3 is 4.90 Å². The summed E-state index contributed by atoms with van der Waals surface area (Å²) in [6, 6.07) is 11.8. The molecule has 2 aromatic rings. The Hall–Kier alpha value is -3.14. The number of alkyl halides is 2. The average Bonchev–Trinajstić information content (AvgIpc) is 3.02. The predicted molar refractivity (Wildman–Crippen MR) is 97.7 cm³/mol. The van der Waals surface area contributed by atoms with Crippen LogP contribution in [0.25, 0.3) is 0 Å². The molecule has 0 unspecified atom stereocenters. The number of aromatic nitrogens is 1. The second-order valence-corrected chi connectivity index (χ2v) is 6.84. The van der Waals surface area contributed by atoms with Gasteiger partial charge in [-0.05, 0) is 23.6 Å². The summed E-state index contributed by atoms with van der Waals surface area (Å²) >= 11 is 0. The highest BCUT2D eigenvalue weighted by atomic mass is 19.3. The number of carbonyl (C=O) groups excluding carboxylic acids is 2. The summed E-state index contributed by atoms with van der Waals surface area (Å²) in [7, 11) is 0. The molecule has 2 heterocycles. The molecule has 3 rings (SSSR count). The van der Waals surface area contributed by atoms with E-state index in [1.807, 2.05) is 30.3 Å². The second kappa shape index (κ2) is 8.26. The van der Waals surface area contributed by atoms with Crippen molar-refractivity contribution < 1.29 is 18.4 Å². The highest BCUT2D eigenvalue weighted by Gasteiger charge is 2.47. The van der Waals surface area contributed by atoms with Gasteiger partial charge in [0.15, 0.2) is 5.78 Å². The van der Waals surface area contributed by atoms with Crippen molar-refractivity contribution in [2.45, 2.75) is 37.6 Å². The number of halogens is 2. The number of nitrogens with zero attached hydrogens (tertiary/aromatic N) is 3. The SMILES string of the molecule is N#C[C@@H]1CC(F)(F)CN1C(=O)CCC(=O)c1ccncc1Cc1ccccc1. The quantitative estimate of drug-likeness (QED) is 0.717. The molecule has 0 aliphatic carbocycles. The van der Waals surface area contributed by atoms with Gasteiger partial charge >= 0.3 is 0 Å². The van der Waals surface area contributed by atoms with Gasteiger partial charge in [0.1, 0.15) is 6.04 Å². The van der Waals surface area contributed by atoms with Gasteiger partial charge in [0.25, 0.3) is 5.92 Å². The molecule has 1 atom stereocenters. The van der Waals surface area contributed by atoms with E-state index >= 15 is 0 Å². The number of carbonyl (C=O) groups is 2. The first kappa shape index (κ1) is 19.6. The summed E-state index contributed by atoms with van der Waals surface area (Å²) in [5, 5.41) is 9.00. The molecule has 1 saturated heterocycles. The largest absolute Gasteiger partial charge is 0.320 e. The van der Waals surface area contributed by atoms with E-state index in [4.69, 9.17) is 5.26 Å². The number of hydrogen-bond donors (Lipinski definition) is 0. The third-order valence-electron chi connectivity index (χ3n) is 4.75. The molecule has 7 heteroatoms. The number of ketones is 1. The zero-order valence-electron chi connectivity index (χ0n) is 15.1. The molecule has 1 aromatic heterocycles. The van der Waals surface area contributed by atoms with Gasteiger partial charge in [0.05, 0.1) is 12.6 Å². The van der Waals surface area contributed by atoms with Crippen LogP contribution in [-0.2, 0) is 11.2 Å². The fourth-order valence-corrected chi connectivity index (χ4v) is 3.35. The van der Waals surface area contributed by atoms with E-state index < -0.39 is 30.8 Å². The van der Waals surface area contributed by atoms with E-state index in [1.165, 1.54) is 6.20 Å². The van der Waals surface area contributed by atoms with Gasteiger partial charge in [-0.25, -0.2) is 8.78 Å². The molecule has 1 amide bonds. The smallest absolute Gasteiger partial charge is 0.268 e. The second-order valence-electron chi connectivity index (χ2n) is 6.84. The summed E-state index contributed by atoms with van der Waals surface area (Å²) in [4.78, 5) is 29.9. The molecule has 0 bridgehead atoms. The maximum absolute atomic E-state index is 13.5. The molecule has 0 radical (unpaired) electrons. The summed E-state index contributed by atoms with van der Waals surface area (Å²) in [5.41, 5.74) is 2.24. The maximum Gasteiger partial charge on any atom is 0.268 e. The van der Waals surface area contributed by atoms with Crippen molar-refractivity contribution in [3.05, 3.63) is 65.5 Å². The van der Waals surface area contributed by atoms with Crippen LogP contribution in [0.5, 0.6) is 0 Å². The highest BCUT2D eigenvalue weighted by molar-refractivity contribution is 5.99. The van der Waals surface area contributed by atoms with Crippen molar-refractivity contribution in [3.63, 3.8) is 0 Å². The predicted octanol–water partition coefficient (Wildman–Crippen LogP) is 3.40. The molecule has 28 heavy (non-hydrogen) atoms. The Balaban J connectivity index is 1.66. The Morgan fingerprint density at radius 1 is 1.21 bits per heavy atom. The van der Waals surface area contributed by atoms with Crippen molar-refractivity contribution in [2.75, 3.05) is 6.54 Å². The molecule has 0 saturated carbocycles. The van der Waals surface area contributed by atoms with E-state index in [0.717, 1.165) is 16.0 Å². The van der Waals surface area contributed by atoms with Crippen molar-refractivity contribution in [2.24, 2.45) is 0 Å². The number of nitriles is 1. The first-order valence-corrected chi connectivity index (χ1v) is 8.96. The molecule has 1 aromatic carbocycles. The molecule has 144 valence electrons. The van der Waals surface area contributed by atoms with E-state index in [2.05, 4.69) is 4.98 Å². The fourth-order valence-electron chi connectivity index (χ4n) is 3.35. The van der Waals surface area contributed by atoms with Crippen LogP contribution in [0.3, 0.4) is 0 Å². The monoisotopic (exact) mass is 383 g/mol. The normalized spacial score (nSPS) is 17.9. The zero-order chi connectivity index (χ0) is 20.1. The Labute approximate surface area is 161 Å². The van der Waals surface area contributed by atoms with Crippen LogP contribution >= 0.6 is 0 Å². The summed E-state index contributed by atoms with van der Waals surface area (Å²) in [6.07, 6.45) is 2.68. The van der Waals surface area contributed by atoms with Crippen LogP contribution in [0, 0.1) is 11.3 Å². The molecule has 1 fully saturated rings. The van der Waals surface area contributed by atoms with Crippen LogP contribution in [0.2, 0.25) is 0 Å². The lowest BCUT2D eigenvalue weighted by Crippen LogP contribution is -2.36. The zero-order valence-corrected chi connectivity index (χ0v) is 15.1. The topological polar surface area (TPSA) is 74.1 Å². The fraction of sp³-hybridized carbons (Fsp3) is 0.333. The Bertz CT molecular complexity index is 909. The van der Waals surface area contributed by atoms with Crippen LogP contribution in [0.15, 0.2) is 48.8 Å². The van der Waals surface area contributed by atoms with Crippen LogP contribution in [0.4, 0.5) is 8.78 Å². The van der Waals surface area contributed by atoms with Crippen molar-refractivity contribution in [3.8, 4) is 6.07 Å². The minimum absolute atomic E-state index is 0.106. The summed E-state index contributed by atoms with van der Waals surface area (Å²) in [6.45, 7) is -0.771. The number of likely N-dealkylation sites (tertiary alicyclic amines) is 1. The number of rotatable bonds is 6. The number of hydrogen-bond acceptors (Lipinski definition) is 4. The maximum atomic E-state index is 13.5. The third kappa shape index (κ3) is 4.58. The lowest BCUT2D eigenvalue weighted by Gasteiger charge is -2.19. The van der Waals surface area contributed by atoms with Crippen molar-refractivity contribution >= 4 is 11.7 Å². The Kier molecular flexibility index (Phi) is 5.78. The summed E-state index contributed by atoms with van der Waals surface area (Å²) in [5.74, 6) is -3.91. The number of pyridine rings is 1. The molecular formula is C21H19F2N3O2. The molecule has 5 nitrogen and oxygen atoms in total. The van der Waals surface area contributed by atoms with Crippen LogP contribution in [0.1, 0.15) is 40.7 Å². The van der Waals surface area contributed by atoms with Crippen LogP contribution in [-0.4, -0.2) is 40.1 Å². The Morgan fingerprint density at radius 2 is 1.96 bits per heavy atom. The van der Waals surface area contributed by atoms with Gasteiger partial charge in [-0.15, -0.1) is 0 Å². The first-order chi connectivity index (χ1) is 13.4. The molecule has 1 aliphatic rings. The van der Waals surface area contributed by atoms with Gasteiger partial charge in [-0.2, -0.15) is 5.26 Å². The van der Waals surface area contributed by atoms with E-state index in [0.29, 0.717) is 12.0 Å². The Morgan fingerprint density at radius 3 is 2.68 bits per heavy atom. The molecule has 0 N–H and O–H groups in total. The van der Waals surface area contributed by atoms with E-state index in [-0.39, 0.29) is 18.6 Å². The van der Waals surface area contributed by atoms with Gasteiger partial charge in [0, 0.05) is 37.2 Å². The standard InChI is InChI=1S/C21H19F2N3O2/c22-21(23)11-17(12-24)26(14-21)20(28)7-6-19(27)18-8-9-25-13-16(18)10-15-4-2-1-3-5-15/h1-5,8-9,13,17H,6-7,10-11,14H2/t17-/m0/s1. The van der Waals surface area contributed by atoms with E-state index in [1.54, 1.807) is 18.3 Å². The average molecular weight is 383 g/mol. The first-order valence-electron chi connectivity index (χ1n) is 8.96. The molecule has 1 aliphatic heterocycles. The number of Topliss-reactive ketones (excluding diaryl/α,β-unsaturated/α-hetero) is 1. The van der Waals surface area contributed by atoms with Gasteiger partial charge in [0.2, 0.25) is 5.91 Å². The summed E-state index contributed by atoms with van der Waals surface area (Å²) < 4.78 is 27.0. The minimum Gasteiger partial charge on any atom is -0.320 e. The minimum atomic E-state index is -3.06. The van der Waals surface area contributed by atoms with Gasteiger partial charge in [-0.3, -0.25) is 14.6 Å². The lowest BCUT2D eigenvalue weighted by molar-refractivity contribution is -0.132. The number of benzene rings is 1. The van der Waals surface area contributed by atoms with Crippen molar-refractivity contribution in [1.82, 2.24) is 9.88 Å². The van der Waals surface area contributed by atoms with Crippen LogP contribution < -0.4 is 0 Å². The van der Waals surface area contributed by atoms with Crippen molar-refractivity contribution in [1.29, 1.82) is 5.26 Å². The number of amides is 1. The third-order valence-corrected chi connectivity index (χ3v) is 4.75. The van der Waals surface area contributed by atoms with E-state index in [9.17, 15) is 18.4 Å². The van der Waals surface area contributed by atoms with Gasteiger partial charge in [-0.1, -0.05) is 30.3 Å². The highest BCUT2D eigenvalue weighted by Crippen LogP contribution is 2.32. The molecular weight excluding hydrogens is 364 g/mol. The molecule has 0 spiro atoms.